The van der Waals surface area contributed by atoms with Gasteiger partial charge in [0.1, 0.15) is 0 Å². The highest BCUT2D eigenvalue weighted by molar-refractivity contribution is 5.33. The molecule has 2 aromatic rings. The minimum absolute atomic E-state index is 0.0482. The zero-order chi connectivity index (χ0) is 24.0. The number of rotatable bonds is 6. The molecule has 2 fully saturated rings. The van der Waals surface area contributed by atoms with Crippen molar-refractivity contribution in [3.05, 3.63) is 40.7 Å². The predicted octanol–water partition coefficient (Wildman–Crippen LogP) is 3.29. The van der Waals surface area contributed by atoms with Crippen molar-refractivity contribution in [2.24, 2.45) is 0 Å². The van der Waals surface area contributed by atoms with Crippen LogP contribution in [0.15, 0.2) is 18.2 Å². The van der Waals surface area contributed by atoms with Crippen molar-refractivity contribution >= 4 is 0 Å². The second-order valence-electron chi connectivity index (χ2n) is 8.74. The topological polar surface area (TPSA) is 85.1 Å². The Hall–Kier alpha value is -2.25. The molecule has 0 radical (unpaired) electrons. The number of nitrogens with zero attached hydrogens (tertiary/aromatic N) is 4. The molecular weight excluding hydrogens is 456 g/mol. The first-order valence-corrected chi connectivity index (χ1v) is 10.5. The zero-order valence-electron chi connectivity index (χ0n) is 17.6. The van der Waals surface area contributed by atoms with E-state index in [0.29, 0.717) is 37.2 Å². The molecule has 0 amide bonds. The van der Waals surface area contributed by atoms with Crippen LogP contribution in [-0.2, 0) is 30.2 Å². The van der Waals surface area contributed by atoms with E-state index in [4.69, 9.17) is 9.84 Å². The van der Waals surface area contributed by atoms with Gasteiger partial charge in [0.15, 0.2) is 5.82 Å². The molecule has 2 aliphatic heterocycles. The van der Waals surface area contributed by atoms with E-state index < -0.39 is 35.1 Å². The number of aromatic nitrogens is 4. The van der Waals surface area contributed by atoms with Gasteiger partial charge >= 0.3 is 12.4 Å². The molecule has 2 N–H and O–H groups in total. The molecule has 7 nitrogen and oxygen atoms in total. The number of nitrogens with one attached hydrogen (secondary N) is 1. The van der Waals surface area contributed by atoms with Crippen LogP contribution in [0.5, 0.6) is 0 Å². The SMILES string of the molecule is CC12CC(c3nnn(CCO)n3)C(CCC1OCc1cc(C(F)(F)F)cc(C(F)(F)F)c1)N2. The van der Waals surface area contributed by atoms with Gasteiger partial charge in [0, 0.05) is 17.5 Å². The Balaban J connectivity index is 1.48. The summed E-state index contributed by atoms with van der Waals surface area (Å²) in [5, 5.41) is 24.8. The van der Waals surface area contributed by atoms with Crippen LogP contribution >= 0.6 is 0 Å². The molecule has 1 aromatic heterocycles. The number of ether oxygens (including phenoxy) is 1. The Morgan fingerprint density at radius 3 is 2.39 bits per heavy atom. The number of benzene rings is 1. The van der Waals surface area contributed by atoms with Crippen molar-refractivity contribution in [2.45, 2.75) is 75.3 Å². The molecule has 1 aromatic carbocycles. The number of tetrazole rings is 1. The number of halogens is 6. The summed E-state index contributed by atoms with van der Waals surface area (Å²) in [4.78, 5) is 1.31. The van der Waals surface area contributed by atoms with Gasteiger partial charge in [-0.2, -0.15) is 31.1 Å². The van der Waals surface area contributed by atoms with Gasteiger partial charge in [0.2, 0.25) is 0 Å². The van der Waals surface area contributed by atoms with E-state index in [0.717, 1.165) is 0 Å². The van der Waals surface area contributed by atoms with Crippen LogP contribution in [0.25, 0.3) is 0 Å². The molecule has 4 unspecified atom stereocenters. The lowest BCUT2D eigenvalue weighted by atomic mass is 9.88. The third-order valence-electron chi connectivity index (χ3n) is 6.29. The lowest BCUT2D eigenvalue weighted by molar-refractivity contribution is -0.143. The van der Waals surface area contributed by atoms with Gasteiger partial charge in [-0.3, -0.25) is 0 Å². The second kappa shape index (κ2) is 8.51. The van der Waals surface area contributed by atoms with Crippen LogP contribution in [0.3, 0.4) is 0 Å². The average Bonchev–Trinajstić information content (AvgIpc) is 3.28. The highest BCUT2D eigenvalue weighted by Crippen LogP contribution is 2.45. The number of hydrogen-bond donors (Lipinski definition) is 2. The van der Waals surface area contributed by atoms with Gasteiger partial charge in [0.25, 0.3) is 0 Å². The van der Waals surface area contributed by atoms with Gasteiger partial charge < -0.3 is 15.2 Å². The van der Waals surface area contributed by atoms with Crippen molar-refractivity contribution in [1.29, 1.82) is 0 Å². The fourth-order valence-corrected chi connectivity index (χ4v) is 4.76. The monoisotopic (exact) mass is 479 g/mol. The Morgan fingerprint density at radius 2 is 1.79 bits per heavy atom. The van der Waals surface area contributed by atoms with Crippen molar-refractivity contribution in [1.82, 2.24) is 25.5 Å². The van der Waals surface area contributed by atoms with E-state index in [1.54, 1.807) is 0 Å². The molecule has 182 valence electrons. The fourth-order valence-electron chi connectivity index (χ4n) is 4.76. The molecule has 0 aliphatic carbocycles. The van der Waals surface area contributed by atoms with E-state index in [1.807, 2.05) is 6.92 Å². The molecule has 2 saturated heterocycles. The number of aliphatic hydroxyl groups excluding tert-OH is 1. The number of piperidine rings is 1. The Bertz CT molecular complexity index is 962. The summed E-state index contributed by atoms with van der Waals surface area (Å²) in [7, 11) is 0. The largest absolute Gasteiger partial charge is 0.416 e. The molecule has 13 heteroatoms. The van der Waals surface area contributed by atoms with Crippen molar-refractivity contribution in [3.8, 4) is 0 Å². The minimum Gasteiger partial charge on any atom is -0.394 e. The summed E-state index contributed by atoms with van der Waals surface area (Å²) in [6.07, 6.45) is -8.39. The maximum Gasteiger partial charge on any atom is 0.416 e. The van der Waals surface area contributed by atoms with E-state index in [2.05, 4.69) is 20.7 Å². The van der Waals surface area contributed by atoms with Gasteiger partial charge in [-0.1, -0.05) is 0 Å². The van der Waals surface area contributed by atoms with Crippen LogP contribution in [0.4, 0.5) is 26.3 Å². The van der Waals surface area contributed by atoms with Gasteiger partial charge in [-0.15, -0.1) is 10.2 Å². The quantitative estimate of drug-likeness (QED) is 0.619. The van der Waals surface area contributed by atoms with Crippen LogP contribution < -0.4 is 5.32 Å². The molecule has 4 rings (SSSR count). The standard InChI is InChI=1S/C20H23F6N5O2/c1-18-9-14(17-28-30-31(29-17)4-5-32)15(27-18)2-3-16(18)33-10-11-6-12(19(21,22)23)8-13(7-11)20(24,25)26/h6-8,14-16,27,32H,2-5,9-10H2,1H3. The Morgan fingerprint density at radius 1 is 1.12 bits per heavy atom. The summed E-state index contributed by atoms with van der Waals surface area (Å²) in [6, 6.07) is 1.54. The van der Waals surface area contributed by atoms with Crippen molar-refractivity contribution in [3.63, 3.8) is 0 Å². The first-order valence-electron chi connectivity index (χ1n) is 10.5. The van der Waals surface area contributed by atoms with Crippen LogP contribution in [0.1, 0.15) is 54.6 Å². The average molecular weight is 479 g/mol. The van der Waals surface area contributed by atoms with Crippen molar-refractivity contribution in [2.75, 3.05) is 6.61 Å². The van der Waals surface area contributed by atoms with E-state index >= 15 is 0 Å². The molecule has 0 saturated carbocycles. The number of aliphatic hydroxyl groups is 1. The summed E-state index contributed by atoms with van der Waals surface area (Å²) < 4.78 is 84.6. The molecule has 0 spiro atoms. The third-order valence-corrected chi connectivity index (χ3v) is 6.29. The van der Waals surface area contributed by atoms with Crippen LogP contribution in [0, 0.1) is 0 Å². The normalized spacial score (nSPS) is 27.8. The zero-order valence-corrected chi connectivity index (χ0v) is 17.6. The summed E-state index contributed by atoms with van der Waals surface area (Å²) in [5.74, 6) is 0.458. The van der Waals surface area contributed by atoms with E-state index in [1.165, 1.54) is 4.80 Å². The lowest BCUT2D eigenvalue weighted by Crippen LogP contribution is -2.54. The maximum absolute atomic E-state index is 13.1. The fraction of sp³-hybridized carbons (Fsp3) is 0.650. The number of alkyl halides is 6. The van der Waals surface area contributed by atoms with Gasteiger partial charge in [-0.25, -0.2) is 0 Å². The lowest BCUT2D eigenvalue weighted by Gasteiger charge is -2.39. The van der Waals surface area contributed by atoms with E-state index in [-0.39, 0.29) is 43.3 Å². The highest BCUT2D eigenvalue weighted by atomic mass is 19.4. The minimum atomic E-state index is -4.90. The van der Waals surface area contributed by atoms with Crippen LogP contribution in [0.2, 0.25) is 0 Å². The first-order chi connectivity index (χ1) is 15.4. The molecule has 2 bridgehead atoms. The smallest absolute Gasteiger partial charge is 0.394 e. The Kier molecular flexibility index (Phi) is 6.16. The number of hydrogen-bond acceptors (Lipinski definition) is 6. The summed E-state index contributed by atoms with van der Waals surface area (Å²) in [6.45, 7) is 1.63. The highest BCUT2D eigenvalue weighted by Gasteiger charge is 2.52. The van der Waals surface area contributed by atoms with Gasteiger partial charge in [-0.05, 0) is 55.2 Å². The molecule has 4 atom stereocenters. The van der Waals surface area contributed by atoms with Crippen LogP contribution in [-0.4, -0.2) is 49.6 Å². The summed E-state index contributed by atoms with van der Waals surface area (Å²) in [5.41, 5.74) is -3.46. The predicted molar refractivity (Wildman–Crippen MR) is 102 cm³/mol. The molecule has 3 heterocycles. The Labute approximate surface area is 185 Å². The molecule has 2 aliphatic rings. The maximum atomic E-state index is 13.1. The first kappa shape index (κ1) is 23.9. The van der Waals surface area contributed by atoms with Crippen molar-refractivity contribution < 1.29 is 36.2 Å². The molecule has 33 heavy (non-hydrogen) atoms. The van der Waals surface area contributed by atoms with Gasteiger partial charge in [0.05, 0.1) is 37.0 Å². The molecular formula is C20H23F6N5O2. The number of fused-ring (bicyclic) bond motifs is 2. The second-order valence-corrected chi connectivity index (χ2v) is 8.74. The summed E-state index contributed by atoms with van der Waals surface area (Å²) >= 11 is 0. The third kappa shape index (κ3) is 4.99. The van der Waals surface area contributed by atoms with E-state index in [9.17, 15) is 26.3 Å².